The van der Waals surface area contributed by atoms with Crippen molar-refractivity contribution in [2.75, 3.05) is 26.9 Å². The summed E-state index contributed by atoms with van der Waals surface area (Å²) in [5.41, 5.74) is 10.8. The monoisotopic (exact) mass is 776 g/mol. The van der Waals surface area contributed by atoms with E-state index in [-0.39, 0.29) is 36.5 Å². The third-order valence-electron chi connectivity index (χ3n) is 11.5. The Labute approximate surface area is 332 Å². The van der Waals surface area contributed by atoms with Crippen molar-refractivity contribution in [3.63, 3.8) is 0 Å². The molecule has 2 fully saturated rings. The average Bonchev–Trinajstić information content (AvgIpc) is 4.06. The van der Waals surface area contributed by atoms with Gasteiger partial charge in [0.25, 0.3) is 5.91 Å². The van der Waals surface area contributed by atoms with Gasteiger partial charge < -0.3 is 39.5 Å². The number of benzene rings is 2. The van der Waals surface area contributed by atoms with E-state index in [1.165, 1.54) is 0 Å². The van der Waals surface area contributed by atoms with Crippen molar-refractivity contribution in [2.45, 2.75) is 76.6 Å². The van der Waals surface area contributed by atoms with Gasteiger partial charge in [0.1, 0.15) is 11.6 Å². The van der Waals surface area contributed by atoms with Crippen LogP contribution in [-0.2, 0) is 32.5 Å². The van der Waals surface area contributed by atoms with Gasteiger partial charge in [-0.2, -0.15) is 0 Å². The number of H-pyrrole nitrogens is 2. The van der Waals surface area contributed by atoms with Crippen LogP contribution in [0.4, 0.5) is 4.79 Å². The molecule has 0 aliphatic carbocycles. The van der Waals surface area contributed by atoms with Crippen molar-refractivity contribution < 1.29 is 23.9 Å². The number of nitrogens with zero attached hydrogens (tertiary/aromatic N) is 6. The van der Waals surface area contributed by atoms with Gasteiger partial charge in [0.05, 0.1) is 55.0 Å². The highest BCUT2D eigenvalue weighted by Gasteiger charge is 2.47. The normalized spacial score (nSPS) is 18.6. The molecular formula is C42H52N10O5. The third-order valence-corrected chi connectivity index (χ3v) is 11.5. The molecule has 15 nitrogen and oxygen atoms in total. The number of ether oxygens (including phenoxy) is 2. The Balaban J connectivity index is 1.00. The molecule has 0 radical (unpaired) electrons. The number of likely N-dealkylation sites (tertiary alicyclic amines) is 2. The molecule has 2 aromatic carbocycles. The van der Waals surface area contributed by atoms with Crippen molar-refractivity contribution in [2.24, 2.45) is 18.7 Å². The summed E-state index contributed by atoms with van der Waals surface area (Å²) in [6.45, 7) is 6.77. The fraction of sp³-hybridized carbons (Fsp3) is 0.429. The number of methoxy groups -OCH3 is 1. The van der Waals surface area contributed by atoms with E-state index in [0.717, 1.165) is 70.8 Å². The Hall–Kier alpha value is -5.80. The van der Waals surface area contributed by atoms with Gasteiger partial charge in [-0.05, 0) is 54.9 Å². The van der Waals surface area contributed by atoms with E-state index in [1.807, 2.05) is 36.6 Å². The van der Waals surface area contributed by atoms with Crippen LogP contribution in [0.25, 0.3) is 33.6 Å². The van der Waals surface area contributed by atoms with Crippen LogP contribution in [0.5, 0.6) is 0 Å². The van der Waals surface area contributed by atoms with Gasteiger partial charge in [-0.3, -0.25) is 14.9 Å². The van der Waals surface area contributed by atoms with Gasteiger partial charge in [-0.1, -0.05) is 62.4 Å². The number of rotatable bonds is 14. The maximum atomic E-state index is 13.9. The minimum atomic E-state index is -1.37. The number of imidazole rings is 3. The van der Waals surface area contributed by atoms with Crippen LogP contribution in [0.2, 0.25) is 0 Å². The van der Waals surface area contributed by atoms with Gasteiger partial charge in [0.15, 0.2) is 5.60 Å². The number of carbonyl (C=O) groups excluding carboxylic acids is 3. The minimum Gasteiger partial charge on any atom is -0.433 e. The van der Waals surface area contributed by atoms with E-state index in [9.17, 15) is 14.4 Å². The second kappa shape index (κ2) is 16.7. The molecule has 5 N–H and O–H groups in total. The molecule has 2 saturated heterocycles. The van der Waals surface area contributed by atoms with Crippen molar-refractivity contribution >= 4 is 17.9 Å². The van der Waals surface area contributed by atoms with E-state index in [2.05, 4.69) is 73.8 Å². The molecule has 3 amide bonds. The molecule has 2 aliphatic rings. The van der Waals surface area contributed by atoms with Gasteiger partial charge in [0.2, 0.25) is 5.91 Å². The summed E-state index contributed by atoms with van der Waals surface area (Å²) in [5, 5.41) is 3.26. The van der Waals surface area contributed by atoms with Crippen LogP contribution < -0.4 is 11.1 Å². The summed E-state index contributed by atoms with van der Waals surface area (Å²) in [5.74, 6) is 0.955. The number of hydrogen-bond donors (Lipinski definition) is 4. The largest absolute Gasteiger partial charge is 0.433 e. The SMILES string of the molecule is COCN[C@@H](Cc1cncn1C)C(=O)N1CCC[C@H]1c1ncc(-c2ccc(-c3ccc(-c4cnc([C@@H]5CCCN5C(=O)[C@@](C)(OC(N)=O)C(C)C)[nH]4)cc3)cc2)[nH]1. The summed E-state index contributed by atoms with van der Waals surface area (Å²) in [6.07, 6.45) is 9.99. The van der Waals surface area contributed by atoms with Gasteiger partial charge >= 0.3 is 6.09 Å². The number of aromatic amines is 2. The molecule has 3 aromatic heterocycles. The summed E-state index contributed by atoms with van der Waals surface area (Å²) < 4.78 is 12.6. The predicted octanol–water partition coefficient (Wildman–Crippen LogP) is 5.51. The summed E-state index contributed by atoms with van der Waals surface area (Å²) in [6, 6.07) is 15.7. The van der Waals surface area contributed by atoms with Crippen LogP contribution in [0.3, 0.4) is 0 Å². The number of hydrogen-bond acceptors (Lipinski definition) is 9. The Morgan fingerprint density at radius 1 is 0.860 bits per heavy atom. The lowest BCUT2D eigenvalue weighted by atomic mass is 9.90. The van der Waals surface area contributed by atoms with Crippen LogP contribution in [0.15, 0.2) is 73.4 Å². The lowest BCUT2D eigenvalue weighted by Crippen LogP contribution is -2.53. The number of amides is 3. The third kappa shape index (κ3) is 8.21. The molecule has 4 atom stereocenters. The van der Waals surface area contributed by atoms with E-state index in [1.54, 1.807) is 37.7 Å². The minimum absolute atomic E-state index is 0.0208. The van der Waals surface area contributed by atoms with Gasteiger partial charge in [-0.25, -0.2) is 19.7 Å². The highest BCUT2D eigenvalue weighted by molar-refractivity contribution is 5.88. The lowest BCUT2D eigenvalue weighted by Gasteiger charge is -2.36. The standard InChI is InChI=1S/C42H52N10O5/c1-26(2)42(3,57-41(43)55)40(54)52-19-7-9-36(52)38-46-23-34(49-38)30-16-12-28(13-17-30)27-10-14-29(15-11-27)33-22-45-37(48-33)35-8-6-18-51(35)39(53)32(47-25-56-5)20-31-21-44-24-50(31)4/h10-17,21-24,26,32,35-36,47H,6-9,18-20,25H2,1-5H3,(H2,43,55)(H,45,48)(H,46,49)/t32-,35-,36-,42-/m0/s1. The number of aryl methyl sites for hydroxylation is 1. The first-order chi connectivity index (χ1) is 27.5. The fourth-order valence-electron chi connectivity index (χ4n) is 7.92. The molecule has 300 valence electrons. The summed E-state index contributed by atoms with van der Waals surface area (Å²) in [4.78, 5) is 63.5. The number of primary amides is 1. The van der Waals surface area contributed by atoms with E-state index in [0.29, 0.717) is 25.3 Å². The zero-order chi connectivity index (χ0) is 40.3. The number of nitrogens with two attached hydrogens (primary N) is 1. The molecule has 57 heavy (non-hydrogen) atoms. The second-order valence-corrected chi connectivity index (χ2v) is 15.4. The quantitative estimate of drug-likeness (QED) is 0.105. The maximum absolute atomic E-state index is 13.9. The average molecular weight is 777 g/mol. The van der Waals surface area contributed by atoms with Crippen LogP contribution in [-0.4, -0.2) is 95.8 Å². The number of carbonyl (C=O) groups is 3. The number of nitrogens with one attached hydrogen (secondary N) is 3. The summed E-state index contributed by atoms with van der Waals surface area (Å²) in [7, 11) is 3.54. The van der Waals surface area contributed by atoms with Crippen LogP contribution in [0, 0.1) is 5.92 Å². The molecule has 0 saturated carbocycles. The molecule has 5 aromatic rings. The second-order valence-electron chi connectivity index (χ2n) is 15.4. The Morgan fingerprint density at radius 2 is 1.39 bits per heavy atom. The van der Waals surface area contributed by atoms with Gasteiger partial charge in [-0.15, -0.1) is 0 Å². The highest BCUT2D eigenvalue weighted by atomic mass is 16.6. The van der Waals surface area contributed by atoms with Crippen molar-refractivity contribution in [1.29, 1.82) is 0 Å². The van der Waals surface area contributed by atoms with Crippen LogP contribution in [0.1, 0.15) is 75.9 Å². The van der Waals surface area contributed by atoms with E-state index >= 15 is 0 Å². The Kier molecular flexibility index (Phi) is 11.6. The maximum Gasteiger partial charge on any atom is 0.405 e. The first-order valence-corrected chi connectivity index (χ1v) is 19.6. The first-order valence-electron chi connectivity index (χ1n) is 19.6. The molecular weight excluding hydrogens is 725 g/mol. The zero-order valence-corrected chi connectivity index (χ0v) is 33.2. The highest BCUT2D eigenvalue weighted by Crippen LogP contribution is 2.37. The van der Waals surface area contributed by atoms with Crippen molar-refractivity contribution in [3.05, 3.63) is 90.8 Å². The molecule has 5 heterocycles. The molecule has 7 rings (SSSR count). The Morgan fingerprint density at radius 3 is 1.88 bits per heavy atom. The van der Waals surface area contributed by atoms with E-state index < -0.39 is 17.7 Å². The van der Waals surface area contributed by atoms with Crippen molar-refractivity contribution in [3.8, 4) is 33.6 Å². The Bertz CT molecular complexity index is 2170. The fourth-order valence-corrected chi connectivity index (χ4v) is 7.92. The smallest absolute Gasteiger partial charge is 0.405 e. The molecule has 0 unspecified atom stereocenters. The zero-order valence-electron chi connectivity index (χ0n) is 33.2. The van der Waals surface area contributed by atoms with E-state index in [4.69, 9.17) is 20.2 Å². The molecule has 15 heteroatoms. The topological polar surface area (TPSA) is 189 Å². The van der Waals surface area contributed by atoms with Crippen molar-refractivity contribution in [1.82, 2.24) is 44.6 Å². The molecule has 0 bridgehead atoms. The lowest BCUT2D eigenvalue weighted by molar-refractivity contribution is -0.155. The van der Waals surface area contributed by atoms with Gasteiger partial charge in [0, 0.05) is 51.5 Å². The molecule has 2 aliphatic heterocycles. The van der Waals surface area contributed by atoms with Crippen LogP contribution >= 0.6 is 0 Å². The first kappa shape index (κ1) is 39.4. The summed E-state index contributed by atoms with van der Waals surface area (Å²) >= 11 is 0. The predicted molar refractivity (Wildman–Crippen MR) is 214 cm³/mol. The number of aromatic nitrogens is 6. The molecule has 0 spiro atoms.